The van der Waals surface area contributed by atoms with E-state index in [0.717, 1.165) is 11.3 Å². The van der Waals surface area contributed by atoms with E-state index < -0.39 is 5.97 Å². The summed E-state index contributed by atoms with van der Waals surface area (Å²) in [7, 11) is 0. The first-order valence-corrected chi connectivity index (χ1v) is 7.18. The summed E-state index contributed by atoms with van der Waals surface area (Å²) in [4.78, 5) is 31.1. The Balaban J connectivity index is 2.06. The van der Waals surface area contributed by atoms with Crippen LogP contribution in [0.25, 0.3) is 0 Å². The molecule has 0 atom stereocenters. The van der Waals surface area contributed by atoms with Crippen LogP contribution in [0.5, 0.6) is 0 Å². The van der Waals surface area contributed by atoms with Gasteiger partial charge in [-0.15, -0.1) is 11.3 Å². The third-order valence-electron chi connectivity index (χ3n) is 2.44. The lowest BCUT2D eigenvalue weighted by atomic mass is 10.3. The van der Waals surface area contributed by atoms with Crippen LogP contribution >= 0.6 is 27.3 Å². The zero-order valence-electron chi connectivity index (χ0n) is 10.4. The number of aryl methyl sites for hydroxylation is 1. The second-order valence-corrected chi connectivity index (χ2v) is 5.69. The van der Waals surface area contributed by atoms with Crippen LogP contribution in [0.4, 0.5) is 0 Å². The number of carbonyl (C=O) groups is 2. The fourth-order valence-electron chi connectivity index (χ4n) is 1.53. The number of nitrogens with one attached hydrogen (secondary N) is 1. The number of carboxylic acid groups (broad SMARTS) is 1. The smallest absolute Gasteiger partial charge is 0.347 e. The van der Waals surface area contributed by atoms with E-state index in [0.29, 0.717) is 20.9 Å². The Bertz CT molecular complexity index is 672. The van der Waals surface area contributed by atoms with Gasteiger partial charge in [0.05, 0.1) is 17.8 Å². The number of rotatable bonds is 4. The molecule has 0 fully saturated rings. The first-order valence-electron chi connectivity index (χ1n) is 5.57. The summed E-state index contributed by atoms with van der Waals surface area (Å²) in [5, 5.41) is 12.2. The standard InChI is InChI=1S/C12H10BrN3O3S/c1-6-9(12(18)19)20-8(16-6)5-15-11(17)7-3-2-4-14-10(7)13/h2-4H,5H2,1H3,(H,15,17)(H,18,19). The van der Waals surface area contributed by atoms with Gasteiger partial charge in [0.1, 0.15) is 14.5 Å². The molecule has 2 aromatic heterocycles. The van der Waals surface area contributed by atoms with Crippen molar-refractivity contribution in [3.8, 4) is 0 Å². The highest BCUT2D eigenvalue weighted by atomic mass is 79.9. The fraction of sp³-hybridized carbons (Fsp3) is 0.167. The van der Waals surface area contributed by atoms with Gasteiger partial charge in [-0.1, -0.05) is 0 Å². The molecule has 104 valence electrons. The monoisotopic (exact) mass is 355 g/mol. The van der Waals surface area contributed by atoms with Crippen molar-refractivity contribution in [2.75, 3.05) is 0 Å². The van der Waals surface area contributed by atoms with Gasteiger partial charge in [-0.05, 0) is 35.0 Å². The van der Waals surface area contributed by atoms with Crippen molar-refractivity contribution in [1.82, 2.24) is 15.3 Å². The van der Waals surface area contributed by atoms with Gasteiger partial charge >= 0.3 is 5.97 Å². The molecule has 0 saturated carbocycles. The van der Waals surface area contributed by atoms with Gasteiger partial charge in [0.2, 0.25) is 0 Å². The van der Waals surface area contributed by atoms with E-state index in [1.54, 1.807) is 25.3 Å². The highest BCUT2D eigenvalue weighted by Gasteiger charge is 2.15. The molecule has 0 bridgehead atoms. The quantitative estimate of drug-likeness (QED) is 0.820. The molecular formula is C12H10BrN3O3S. The minimum atomic E-state index is -1.01. The van der Waals surface area contributed by atoms with E-state index in [2.05, 4.69) is 31.2 Å². The Morgan fingerprint density at radius 2 is 2.25 bits per heavy atom. The molecule has 0 aromatic carbocycles. The van der Waals surface area contributed by atoms with Gasteiger partial charge in [0.15, 0.2) is 0 Å². The number of aromatic carboxylic acids is 1. The molecule has 2 N–H and O–H groups in total. The molecular weight excluding hydrogens is 346 g/mol. The molecule has 0 saturated heterocycles. The normalized spacial score (nSPS) is 10.3. The summed E-state index contributed by atoms with van der Waals surface area (Å²) in [5.74, 6) is -1.30. The average molecular weight is 356 g/mol. The van der Waals surface area contributed by atoms with Crippen LogP contribution in [0.1, 0.15) is 30.7 Å². The van der Waals surface area contributed by atoms with Crippen LogP contribution in [0.3, 0.4) is 0 Å². The second kappa shape index (κ2) is 6.10. The molecule has 0 aliphatic rings. The zero-order valence-corrected chi connectivity index (χ0v) is 12.8. The van der Waals surface area contributed by atoms with Crippen molar-refractivity contribution in [2.45, 2.75) is 13.5 Å². The van der Waals surface area contributed by atoms with Gasteiger partial charge in [0.25, 0.3) is 5.91 Å². The van der Waals surface area contributed by atoms with E-state index in [1.807, 2.05) is 0 Å². The molecule has 2 heterocycles. The van der Waals surface area contributed by atoms with Crippen LogP contribution in [-0.2, 0) is 6.54 Å². The average Bonchev–Trinajstić information content (AvgIpc) is 2.78. The SMILES string of the molecule is Cc1nc(CNC(=O)c2cccnc2Br)sc1C(=O)O. The maximum atomic E-state index is 11.9. The minimum absolute atomic E-state index is 0.180. The minimum Gasteiger partial charge on any atom is -0.477 e. The van der Waals surface area contributed by atoms with Gasteiger partial charge in [-0.3, -0.25) is 4.79 Å². The number of carbonyl (C=O) groups excluding carboxylic acids is 1. The van der Waals surface area contributed by atoms with Gasteiger partial charge in [-0.25, -0.2) is 14.8 Å². The largest absolute Gasteiger partial charge is 0.477 e. The zero-order chi connectivity index (χ0) is 14.7. The van der Waals surface area contributed by atoms with E-state index >= 15 is 0 Å². The number of amides is 1. The lowest BCUT2D eigenvalue weighted by Crippen LogP contribution is -2.23. The second-order valence-electron chi connectivity index (χ2n) is 3.85. The van der Waals surface area contributed by atoms with Gasteiger partial charge in [0, 0.05) is 6.20 Å². The van der Waals surface area contributed by atoms with Crippen molar-refractivity contribution in [3.63, 3.8) is 0 Å². The molecule has 0 radical (unpaired) electrons. The highest BCUT2D eigenvalue weighted by Crippen LogP contribution is 2.18. The Kier molecular flexibility index (Phi) is 4.46. The maximum absolute atomic E-state index is 11.9. The highest BCUT2D eigenvalue weighted by molar-refractivity contribution is 9.10. The molecule has 0 aliphatic carbocycles. The molecule has 2 aromatic rings. The first-order chi connectivity index (χ1) is 9.49. The number of nitrogens with zero attached hydrogens (tertiary/aromatic N) is 2. The van der Waals surface area contributed by atoms with Crippen molar-refractivity contribution < 1.29 is 14.7 Å². The maximum Gasteiger partial charge on any atom is 0.347 e. The Morgan fingerprint density at radius 1 is 1.50 bits per heavy atom. The van der Waals surface area contributed by atoms with E-state index in [-0.39, 0.29) is 17.3 Å². The van der Waals surface area contributed by atoms with Crippen LogP contribution in [-0.4, -0.2) is 27.0 Å². The van der Waals surface area contributed by atoms with E-state index in [1.165, 1.54) is 0 Å². The summed E-state index contributed by atoms with van der Waals surface area (Å²) in [5.41, 5.74) is 0.869. The van der Waals surface area contributed by atoms with Gasteiger partial charge in [-0.2, -0.15) is 0 Å². The molecule has 8 heteroatoms. The molecule has 6 nitrogen and oxygen atoms in total. The number of hydrogen-bond donors (Lipinski definition) is 2. The lowest BCUT2D eigenvalue weighted by Gasteiger charge is -2.04. The molecule has 2 rings (SSSR count). The molecule has 0 unspecified atom stereocenters. The molecule has 1 amide bonds. The predicted octanol–water partition coefficient (Wildman–Crippen LogP) is 2.24. The van der Waals surface area contributed by atoms with Crippen LogP contribution in [0.15, 0.2) is 22.9 Å². The Labute approximate surface area is 127 Å². The van der Waals surface area contributed by atoms with Crippen molar-refractivity contribution >= 4 is 39.1 Å². The topological polar surface area (TPSA) is 92.2 Å². The van der Waals surface area contributed by atoms with Crippen molar-refractivity contribution in [2.24, 2.45) is 0 Å². The number of halogens is 1. The number of hydrogen-bond acceptors (Lipinski definition) is 5. The van der Waals surface area contributed by atoms with Crippen molar-refractivity contribution in [1.29, 1.82) is 0 Å². The first kappa shape index (κ1) is 14.6. The van der Waals surface area contributed by atoms with E-state index in [9.17, 15) is 9.59 Å². The lowest BCUT2D eigenvalue weighted by molar-refractivity contribution is 0.0701. The summed E-state index contributed by atoms with van der Waals surface area (Å²) in [6.07, 6.45) is 1.57. The molecule has 0 spiro atoms. The molecule has 20 heavy (non-hydrogen) atoms. The third kappa shape index (κ3) is 3.20. The van der Waals surface area contributed by atoms with E-state index in [4.69, 9.17) is 5.11 Å². The molecule has 0 aliphatic heterocycles. The number of aromatic nitrogens is 2. The van der Waals surface area contributed by atoms with Gasteiger partial charge < -0.3 is 10.4 Å². The number of pyridine rings is 1. The van der Waals surface area contributed by atoms with Crippen LogP contribution < -0.4 is 5.32 Å². The third-order valence-corrected chi connectivity index (χ3v) is 4.22. The Morgan fingerprint density at radius 3 is 2.85 bits per heavy atom. The predicted molar refractivity (Wildman–Crippen MR) is 76.9 cm³/mol. The summed E-state index contributed by atoms with van der Waals surface area (Å²) >= 11 is 4.25. The Hall–Kier alpha value is -1.80. The summed E-state index contributed by atoms with van der Waals surface area (Å²) in [6.45, 7) is 1.81. The van der Waals surface area contributed by atoms with Crippen LogP contribution in [0, 0.1) is 6.92 Å². The number of thiazole rings is 1. The number of carboxylic acids is 1. The fourth-order valence-corrected chi connectivity index (χ4v) is 2.81. The summed E-state index contributed by atoms with van der Waals surface area (Å²) < 4.78 is 0.457. The van der Waals surface area contributed by atoms with Crippen LogP contribution in [0.2, 0.25) is 0 Å². The summed E-state index contributed by atoms with van der Waals surface area (Å²) in [6, 6.07) is 3.30. The van der Waals surface area contributed by atoms with Crippen molar-refractivity contribution in [3.05, 3.63) is 44.1 Å².